The number of hydrogen-bond donors (Lipinski definition) is 2. The molecule has 2 heterocycles. The largest absolute Gasteiger partial charge is 0.480 e. The minimum atomic E-state index is -1.08. The predicted octanol–water partition coefficient (Wildman–Crippen LogP) is 9.35. The summed E-state index contributed by atoms with van der Waals surface area (Å²) in [4.78, 5) is 71.2. The number of benzene rings is 6. The van der Waals surface area contributed by atoms with Crippen molar-refractivity contribution in [3.05, 3.63) is 106 Å². The molecule has 3 N–H and O–H groups in total. The van der Waals surface area contributed by atoms with Crippen molar-refractivity contribution < 1.29 is 29.1 Å². The molecule has 0 saturated heterocycles. The molecule has 0 spiro atoms. The molecular weight excluding hydrogens is 739 g/mol. The Labute approximate surface area is 342 Å². The molecule has 4 amide bonds. The molecular formula is C50H49N3O6. The van der Waals surface area contributed by atoms with Gasteiger partial charge in [0.25, 0.3) is 23.6 Å². The van der Waals surface area contributed by atoms with E-state index in [0.29, 0.717) is 64.2 Å². The summed E-state index contributed by atoms with van der Waals surface area (Å²) in [5.74, 6) is -1.55. The van der Waals surface area contributed by atoms with E-state index in [9.17, 15) is 24.0 Å². The number of imide groups is 2. The number of carboxylic acid groups (broad SMARTS) is 1. The van der Waals surface area contributed by atoms with Crippen LogP contribution >= 0.6 is 0 Å². The summed E-state index contributed by atoms with van der Waals surface area (Å²) in [6.07, 6.45) is 6.29. The van der Waals surface area contributed by atoms with Gasteiger partial charge < -0.3 is 10.8 Å². The molecule has 4 aliphatic rings. The van der Waals surface area contributed by atoms with E-state index in [-0.39, 0.29) is 47.4 Å². The van der Waals surface area contributed by atoms with Crippen molar-refractivity contribution in [2.45, 2.75) is 96.4 Å². The fourth-order valence-corrected chi connectivity index (χ4v) is 12.0. The van der Waals surface area contributed by atoms with Crippen molar-refractivity contribution in [2.75, 3.05) is 13.1 Å². The van der Waals surface area contributed by atoms with Gasteiger partial charge in [0.1, 0.15) is 6.04 Å². The Kier molecular flexibility index (Phi) is 8.39. The zero-order valence-electron chi connectivity index (χ0n) is 34.1. The summed E-state index contributed by atoms with van der Waals surface area (Å²) in [6, 6.07) is 21.1. The van der Waals surface area contributed by atoms with Crippen molar-refractivity contribution in [1.29, 1.82) is 0 Å². The third kappa shape index (κ3) is 5.29. The van der Waals surface area contributed by atoms with Crippen LogP contribution in [0.2, 0.25) is 0 Å². The number of unbranched alkanes of at least 4 members (excludes halogenated alkanes) is 1. The van der Waals surface area contributed by atoms with Crippen molar-refractivity contribution in [1.82, 2.24) is 9.80 Å². The number of hydrogen-bond acceptors (Lipinski definition) is 6. The third-order valence-electron chi connectivity index (χ3n) is 15.0. The highest BCUT2D eigenvalue weighted by atomic mass is 16.4. The number of nitrogens with zero attached hydrogens (tertiary/aromatic N) is 2. The lowest BCUT2D eigenvalue weighted by Crippen LogP contribution is -2.55. The molecule has 0 bridgehead atoms. The second-order valence-electron chi connectivity index (χ2n) is 18.6. The molecule has 1 fully saturated rings. The molecule has 0 radical (unpaired) electrons. The van der Waals surface area contributed by atoms with Gasteiger partial charge in [-0.25, -0.2) is 0 Å². The lowest BCUT2D eigenvalue weighted by molar-refractivity contribution is -0.138. The first-order chi connectivity index (χ1) is 28.2. The number of carboxylic acids is 1. The molecule has 0 aromatic heterocycles. The van der Waals surface area contributed by atoms with Crippen LogP contribution in [0.15, 0.2) is 66.7 Å². The molecule has 0 unspecified atom stereocenters. The van der Waals surface area contributed by atoms with Gasteiger partial charge >= 0.3 is 5.97 Å². The van der Waals surface area contributed by atoms with Gasteiger partial charge in [-0.15, -0.1) is 0 Å². The Balaban J connectivity index is 1.01. The normalized spacial score (nSPS) is 23.3. The molecule has 10 rings (SSSR count). The molecule has 59 heavy (non-hydrogen) atoms. The summed E-state index contributed by atoms with van der Waals surface area (Å²) in [7, 11) is 0. The second kappa shape index (κ2) is 13.2. The molecule has 2 aliphatic carbocycles. The smallest absolute Gasteiger partial charge is 0.320 e. The van der Waals surface area contributed by atoms with Crippen LogP contribution in [0, 0.1) is 11.3 Å². The Morgan fingerprint density at radius 3 is 1.76 bits per heavy atom. The summed E-state index contributed by atoms with van der Waals surface area (Å²) in [6.45, 7) is 9.74. The van der Waals surface area contributed by atoms with Gasteiger partial charge in [-0.2, -0.15) is 0 Å². The lowest BCUT2D eigenvalue weighted by atomic mass is 9.49. The van der Waals surface area contributed by atoms with E-state index in [0.717, 1.165) is 64.4 Å². The zero-order chi connectivity index (χ0) is 41.3. The first-order valence-electron chi connectivity index (χ1n) is 21.3. The number of aliphatic carboxylic acids is 1. The van der Waals surface area contributed by atoms with Crippen LogP contribution in [0.3, 0.4) is 0 Å². The zero-order valence-corrected chi connectivity index (χ0v) is 34.1. The summed E-state index contributed by atoms with van der Waals surface area (Å²) >= 11 is 0. The first kappa shape index (κ1) is 37.6. The number of aryl methyl sites for hydroxylation is 1. The van der Waals surface area contributed by atoms with E-state index in [1.54, 1.807) is 12.1 Å². The van der Waals surface area contributed by atoms with E-state index in [2.05, 4.69) is 45.9 Å². The lowest BCUT2D eigenvalue weighted by Gasteiger charge is -2.56. The quantitative estimate of drug-likeness (QED) is 0.0645. The third-order valence-corrected chi connectivity index (χ3v) is 15.0. The summed E-state index contributed by atoms with van der Waals surface area (Å²) in [5, 5.41) is 15.5. The number of amides is 4. The second-order valence-corrected chi connectivity index (χ2v) is 18.6. The summed E-state index contributed by atoms with van der Waals surface area (Å²) < 4.78 is 0. The van der Waals surface area contributed by atoms with Crippen LogP contribution < -0.4 is 5.73 Å². The van der Waals surface area contributed by atoms with E-state index in [4.69, 9.17) is 10.8 Å². The number of carbonyl (C=O) groups excluding carboxylic acids is 4. The van der Waals surface area contributed by atoms with Crippen LogP contribution in [0.5, 0.6) is 0 Å². The molecule has 9 heteroatoms. The molecule has 9 nitrogen and oxygen atoms in total. The van der Waals surface area contributed by atoms with E-state index >= 15 is 0 Å². The maximum atomic E-state index is 14.7. The van der Waals surface area contributed by atoms with Crippen molar-refractivity contribution in [3.8, 4) is 0 Å². The topological polar surface area (TPSA) is 138 Å². The molecule has 6 aromatic carbocycles. The van der Waals surface area contributed by atoms with Gasteiger partial charge in [0.05, 0.1) is 0 Å². The predicted molar refractivity (Wildman–Crippen MR) is 230 cm³/mol. The van der Waals surface area contributed by atoms with Crippen LogP contribution in [0.25, 0.3) is 43.1 Å². The van der Waals surface area contributed by atoms with Crippen molar-refractivity contribution >= 4 is 72.7 Å². The minimum absolute atomic E-state index is 0.0310. The van der Waals surface area contributed by atoms with Gasteiger partial charge in [0, 0.05) is 46.1 Å². The van der Waals surface area contributed by atoms with Gasteiger partial charge in [0.2, 0.25) is 0 Å². The monoisotopic (exact) mass is 787 g/mol. The first-order valence-corrected chi connectivity index (χ1v) is 21.3. The minimum Gasteiger partial charge on any atom is -0.480 e. The highest BCUT2D eigenvalue weighted by Gasteiger charge is 2.53. The SMILES string of the molecule is CC(C)c1ccc2c(c1)CC[C@H]1[C@](C)(CN3C(=O)c4ccc5c6ccc7c8c(ccc(c9ccc(c4c59)C3=O)c86)C(=O)N(CCCC[C@H](N)C(=O)O)C7=O)CCC[C@]21C. The van der Waals surface area contributed by atoms with Gasteiger partial charge in [-0.05, 0) is 141 Å². The van der Waals surface area contributed by atoms with Crippen LogP contribution in [0.1, 0.15) is 137 Å². The van der Waals surface area contributed by atoms with E-state index in [1.807, 2.05) is 36.4 Å². The number of fused-ring (bicyclic) bond motifs is 5. The Morgan fingerprint density at radius 1 is 0.729 bits per heavy atom. The van der Waals surface area contributed by atoms with Crippen molar-refractivity contribution in [2.24, 2.45) is 17.1 Å². The highest BCUT2D eigenvalue weighted by molar-refractivity contribution is 6.41. The number of nitrogens with two attached hydrogens (primary N) is 1. The van der Waals surface area contributed by atoms with Crippen LogP contribution in [-0.4, -0.2) is 63.6 Å². The molecule has 4 atom stereocenters. The van der Waals surface area contributed by atoms with Crippen LogP contribution in [-0.2, 0) is 16.6 Å². The fourth-order valence-electron chi connectivity index (χ4n) is 12.0. The van der Waals surface area contributed by atoms with E-state index < -0.39 is 12.0 Å². The summed E-state index contributed by atoms with van der Waals surface area (Å²) in [5.41, 5.74) is 11.6. The standard InChI is InChI=1S/C50H49N3O6/c1-26(2)27-9-19-37-28(24-27)10-20-39-49(3,21-7-22-50(37,39)4)25-53-46(56)35-17-13-31-29-11-15-33-42-34(45(55)52(44(33)54)23-6-5-8-38(51)48(58)59)16-12-30(40(29)42)32-14-18-36(47(53)57)43(35)41(31)32/h9,11-19,24,26,38-39H,5-8,10,20-23,25,51H2,1-4H3,(H,58,59)/t38-,39-,49-,50+/m0/s1. The van der Waals surface area contributed by atoms with E-state index in [1.165, 1.54) is 26.5 Å². The fraction of sp³-hybridized carbons (Fsp3) is 0.380. The molecule has 2 aliphatic heterocycles. The van der Waals surface area contributed by atoms with Gasteiger partial charge in [-0.3, -0.25) is 33.8 Å². The Bertz CT molecular complexity index is 2740. The Hall–Kier alpha value is -5.67. The van der Waals surface area contributed by atoms with Gasteiger partial charge in [0.15, 0.2) is 0 Å². The average molecular weight is 788 g/mol. The average Bonchev–Trinajstić information content (AvgIpc) is 3.22. The molecule has 1 saturated carbocycles. The maximum Gasteiger partial charge on any atom is 0.320 e. The highest BCUT2D eigenvalue weighted by Crippen LogP contribution is 2.58. The van der Waals surface area contributed by atoms with Crippen molar-refractivity contribution in [3.63, 3.8) is 0 Å². The molecule has 6 aromatic rings. The van der Waals surface area contributed by atoms with Gasteiger partial charge in [-0.1, -0.05) is 76.6 Å². The van der Waals surface area contributed by atoms with Crippen LogP contribution in [0.4, 0.5) is 0 Å². The molecule has 300 valence electrons. The Morgan fingerprint density at radius 2 is 1.25 bits per heavy atom. The number of rotatable bonds is 9. The maximum absolute atomic E-state index is 14.7. The number of carbonyl (C=O) groups is 5.